The van der Waals surface area contributed by atoms with E-state index in [4.69, 9.17) is 5.11 Å². The van der Waals surface area contributed by atoms with Crippen LogP contribution in [0.4, 0.5) is 0 Å². The minimum absolute atomic E-state index is 0.267. The van der Waals surface area contributed by atoms with Gasteiger partial charge in [0.25, 0.3) is 0 Å². The molecule has 1 aromatic rings. The molecule has 0 amide bonds. The van der Waals surface area contributed by atoms with Crippen molar-refractivity contribution < 1.29 is 10.4 Å². The van der Waals surface area contributed by atoms with Gasteiger partial charge in [-0.05, 0) is 18.4 Å². The third kappa shape index (κ3) is 4.02. The van der Waals surface area contributed by atoms with E-state index in [0.29, 0.717) is 6.04 Å². The molecule has 1 aromatic carbocycles. The van der Waals surface area contributed by atoms with Crippen LogP contribution in [-0.4, -0.2) is 17.8 Å². The predicted molar refractivity (Wildman–Crippen MR) is 62.6 cm³/mol. The van der Waals surface area contributed by atoms with Gasteiger partial charge in [-0.1, -0.05) is 38.1 Å². The first-order valence-electron chi connectivity index (χ1n) is 5.82. The van der Waals surface area contributed by atoms with Crippen molar-refractivity contribution in [2.75, 3.05) is 6.61 Å². The van der Waals surface area contributed by atoms with E-state index in [1.807, 2.05) is 0 Å². The number of benzene rings is 1. The maximum absolute atomic E-state index is 9.05. The molecule has 0 fully saturated rings. The number of rotatable bonds is 6. The van der Waals surface area contributed by atoms with Crippen molar-refractivity contribution in [2.24, 2.45) is 0 Å². The van der Waals surface area contributed by atoms with Gasteiger partial charge in [0.05, 0.1) is 6.61 Å². The fourth-order valence-electron chi connectivity index (χ4n) is 1.58. The highest BCUT2D eigenvalue weighted by molar-refractivity contribution is 5.21. The van der Waals surface area contributed by atoms with Crippen molar-refractivity contribution in [1.29, 1.82) is 0 Å². The molecule has 0 saturated heterocycles. The minimum atomic E-state index is 0.267. The fraction of sp³-hybridized carbons (Fsp3) is 0.538. The van der Waals surface area contributed by atoms with Gasteiger partial charge in [0, 0.05) is 5.56 Å². The van der Waals surface area contributed by atoms with Crippen LogP contribution in [0.15, 0.2) is 24.3 Å². The van der Waals surface area contributed by atoms with E-state index < -0.39 is 0 Å². The Morgan fingerprint density at radius 1 is 1.13 bits per heavy atom. The van der Waals surface area contributed by atoms with Gasteiger partial charge >= 0.3 is 0 Å². The van der Waals surface area contributed by atoms with Crippen LogP contribution >= 0.6 is 0 Å². The number of aryl methyl sites for hydroxylation is 1. The Kier molecular flexibility index (Phi) is 5.37. The zero-order valence-corrected chi connectivity index (χ0v) is 9.74. The standard InChI is InChI=1S/C13H21NO/c1-3-11-5-7-12(8-6-11)9-14-13(4-2)10-15/h5-8,13-15H,3-4,9-10H2,1-2H3/p+1/t13-/m1/s1. The highest BCUT2D eigenvalue weighted by Gasteiger charge is 2.06. The molecule has 0 spiro atoms. The summed E-state index contributed by atoms with van der Waals surface area (Å²) in [5.74, 6) is 0. The first-order chi connectivity index (χ1) is 7.30. The lowest BCUT2D eigenvalue weighted by Crippen LogP contribution is -2.89. The van der Waals surface area contributed by atoms with Crippen LogP contribution in [0.3, 0.4) is 0 Å². The Hall–Kier alpha value is -0.860. The van der Waals surface area contributed by atoms with E-state index in [1.54, 1.807) is 0 Å². The van der Waals surface area contributed by atoms with Crippen LogP contribution in [0.2, 0.25) is 0 Å². The zero-order valence-electron chi connectivity index (χ0n) is 9.74. The first-order valence-corrected chi connectivity index (χ1v) is 5.82. The Labute approximate surface area is 92.3 Å². The molecule has 0 aromatic heterocycles. The molecule has 1 atom stereocenters. The molecule has 0 unspecified atom stereocenters. The molecular weight excluding hydrogens is 186 g/mol. The van der Waals surface area contributed by atoms with Crippen LogP contribution < -0.4 is 5.32 Å². The van der Waals surface area contributed by atoms with Gasteiger partial charge in [0.15, 0.2) is 0 Å². The molecule has 2 nitrogen and oxygen atoms in total. The van der Waals surface area contributed by atoms with Crippen LogP contribution in [0.1, 0.15) is 31.4 Å². The molecule has 84 valence electrons. The number of aliphatic hydroxyl groups is 1. The largest absolute Gasteiger partial charge is 0.390 e. The lowest BCUT2D eigenvalue weighted by atomic mass is 10.1. The monoisotopic (exact) mass is 208 g/mol. The molecule has 0 radical (unpaired) electrons. The summed E-state index contributed by atoms with van der Waals surface area (Å²) in [6.07, 6.45) is 2.11. The van der Waals surface area contributed by atoms with Gasteiger partial charge in [0.2, 0.25) is 0 Å². The molecule has 0 aliphatic heterocycles. The summed E-state index contributed by atoms with van der Waals surface area (Å²) in [4.78, 5) is 0. The first kappa shape index (κ1) is 12.2. The van der Waals surface area contributed by atoms with E-state index in [0.717, 1.165) is 19.4 Å². The third-order valence-electron chi connectivity index (χ3n) is 2.88. The summed E-state index contributed by atoms with van der Waals surface area (Å²) in [5, 5.41) is 11.3. The fourth-order valence-corrected chi connectivity index (χ4v) is 1.58. The molecular formula is C13H22NO+. The van der Waals surface area contributed by atoms with E-state index in [-0.39, 0.29) is 6.61 Å². The lowest BCUT2D eigenvalue weighted by molar-refractivity contribution is -0.706. The van der Waals surface area contributed by atoms with E-state index in [1.165, 1.54) is 11.1 Å². The minimum Gasteiger partial charge on any atom is -0.390 e. The molecule has 2 heteroatoms. The summed E-state index contributed by atoms with van der Waals surface area (Å²) in [5.41, 5.74) is 2.71. The molecule has 0 aliphatic rings. The Morgan fingerprint density at radius 3 is 2.20 bits per heavy atom. The van der Waals surface area contributed by atoms with E-state index in [2.05, 4.69) is 43.4 Å². The number of quaternary nitrogens is 1. The molecule has 1 rings (SSSR count). The van der Waals surface area contributed by atoms with Crippen molar-refractivity contribution in [3.05, 3.63) is 35.4 Å². The van der Waals surface area contributed by atoms with Gasteiger partial charge in [-0.25, -0.2) is 0 Å². The Bertz CT molecular complexity index is 264. The third-order valence-corrected chi connectivity index (χ3v) is 2.88. The van der Waals surface area contributed by atoms with Crippen LogP contribution in [0.5, 0.6) is 0 Å². The molecule has 0 heterocycles. The normalized spacial score (nSPS) is 12.7. The van der Waals surface area contributed by atoms with Crippen molar-refractivity contribution in [2.45, 2.75) is 39.3 Å². The summed E-state index contributed by atoms with van der Waals surface area (Å²) < 4.78 is 0. The average Bonchev–Trinajstić information content (AvgIpc) is 2.31. The van der Waals surface area contributed by atoms with Crippen LogP contribution in [0.25, 0.3) is 0 Å². The number of hydrogen-bond donors (Lipinski definition) is 2. The van der Waals surface area contributed by atoms with Crippen LogP contribution in [0, 0.1) is 0 Å². The van der Waals surface area contributed by atoms with Crippen molar-refractivity contribution in [3.63, 3.8) is 0 Å². The molecule has 0 aliphatic carbocycles. The maximum Gasteiger partial charge on any atom is 0.109 e. The van der Waals surface area contributed by atoms with Crippen molar-refractivity contribution in [3.8, 4) is 0 Å². The van der Waals surface area contributed by atoms with Gasteiger partial charge in [0.1, 0.15) is 12.6 Å². The second-order valence-corrected chi connectivity index (χ2v) is 3.96. The van der Waals surface area contributed by atoms with Gasteiger partial charge in [-0.3, -0.25) is 0 Å². The van der Waals surface area contributed by atoms with Gasteiger partial charge in [-0.2, -0.15) is 0 Å². The maximum atomic E-state index is 9.05. The molecule has 0 saturated carbocycles. The topological polar surface area (TPSA) is 36.8 Å². The second-order valence-electron chi connectivity index (χ2n) is 3.96. The average molecular weight is 208 g/mol. The predicted octanol–water partition coefficient (Wildman–Crippen LogP) is 1.08. The smallest absolute Gasteiger partial charge is 0.109 e. The highest BCUT2D eigenvalue weighted by Crippen LogP contribution is 2.03. The van der Waals surface area contributed by atoms with Crippen LogP contribution in [-0.2, 0) is 13.0 Å². The van der Waals surface area contributed by atoms with E-state index >= 15 is 0 Å². The Morgan fingerprint density at radius 2 is 1.73 bits per heavy atom. The SMILES string of the molecule is CCc1ccc(C[NH2+][C@H](CC)CO)cc1. The van der Waals surface area contributed by atoms with Gasteiger partial charge in [-0.15, -0.1) is 0 Å². The lowest BCUT2D eigenvalue weighted by Gasteiger charge is -2.10. The van der Waals surface area contributed by atoms with Gasteiger partial charge < -0.3 is 10.4 Å². The van der Waals surface area contributed by atoms with Crippen molar-refractivity contribution >= 4 is 0 Å². The zero-order chi connectivity index (χ0) is 11.1. The number of nitrogens with two attached hydrogens (primary N) is 1. The highest BCUT2D eigenvalue weighted by atomic mass is 16.3. The second kappa shape index (κ2) is 6.59. The molecule has 3 N–H and O–H groups in total. The number of hydrogen-bond acceptors (Lipinski definition) is 1. The summed E-state index contributed by atoms with van der Waals surface area (Å²) >= 11 is 0. The van der Waals surface area contributed by atoms with Crippen molar-refractivity contribution in [1.82, 2.24) is 0 Å². The summed E-state index contributed by atoms with van der Waals surface area (Å²) in [6.45, 7) is 5.50. The number of aliphatic hydroxyl groups excluding tert-OH is 1. The quantitative estimate of drug-likeness (QED) is 0.721. The molecule has 15 heavy (non-hydrogen) atoms. The van der Waals surface area contributed by atoms with E-state index in [9.17, 15) is 0 Å². The Balaban J connectivity index is 2.43. The summed E-state index contributed by atoms with van der Waals surface area (Å²) in [6, 6.07) is 9.07. The molecule has 0 bridgehead atoms. The summed E-state index contributed by atoms with van der Waals surface area (Å²) in [7, 11) is 0.